The Bertz CT molecular complexity index is 890. The van der Waals surface area contributed by atoms with Crippen molar-refractivity contribution >= 4 is 17.8 Å². The van der Waals surface area contributed by atoms with E-state index < -0.39 is 5.41 Å². The van der Waals surface area contributed by atoms with Crippen molar-refractivity contribution in [2.45, 2.75) is 37.6 Å². The summed E-state index contributed by atoms with van der Waals surface area (Å²) in [6.45, 7) is 2.19. The molecule has 2 aromatic rings. The summed E-state index contributed by atoms with van der Waals surface area (Å²) >= 11 is 0. The number of nitrogens with zero attached hydrogens (tertiary/aromatic N) is 5. The first-order chi connectivity index (χ1) is 14.0. The third kappa shape index (κ3) is 3.83. The standard InChI is InChI=1S/C21H28N6O2/c1-26(2)19-23-17(24-20(25-19)27-12-6-7-13-27)14-22-18(28)21(10-11-21)15-8-4-5-9-16(15)29-3/h4-5,8-9H,6-7,10-14H2,1-3H3,(H,22,28). The highest BCUT2D eigenvalue weighted by Gasteiger charge is 2.52. The lowest BCUT2D eigenvalue weighted by Crippen LogP contribution is -2.35. The van der Waals surface area contributed by atoms with Gasteiger partial charge in [-0.1, -0.05) is 18.2 Å². The summed E-state index contributed by atoms with van der Waals surface area (Å²) in [6, 6.07) is 7.75. The zero-order valence-electron chi connectivity index (χ0n) is 17.3. The lowest BCUT2D eigenvalue weighted by Gasteiger charge is -2.20. The number of ether oxygens (including phenoxy) is 1. The van der Waals surface area contributed by atoms with Crippen molar-refractivity contribution in [2.24, 2.45) is 0 Å². The molecule has 1 saturated heterocycles. The van der Waals surface area contributed by atoms with Crippen LogP contribution in [0.25, 0.3) is 0 Å². The van der Waals surface area contributed by atoms with Crippen LogP contribution in [0.15, 0.2) is 24.3 Å². The van der Waals surface area contributed by atoms with Crippen molar-refractivity contribution in [1.82, 2.24) is 20.3 Å². The van der Waals surface area contributed by atoms with E-state index in [0.717, 1.165) is 50.1 Å². The number of benzene rings is 1. The second kappa shape index (κ2) is 7.85. The molecule has 4 rings (SSSR count). The topological polar surface area (TPSA) is 83.5 Å². The number of rotatable bonds is 7. The molecule has 1 N–H and O–H groups in total. The second-order valence-electron chi connectivity index (χ2n) is 7.91. The molecule has 0 spiro atoms. The maximum absolute atomic E-state index is 13.1. The summed E-state index contributed by atoms with van der Waals surface area (Å²) in [6.07, 6.45) is 3.93. The van der Waals surface area contributed by atoms with E-state index in [4.69, 9.17) is 4.74 Å². The lowest BCUT2D eigenvalue weighted by atomic mass is 9.94. The van der Waals surface area contributed by atoms with Gasteiger partial charge < -0.3 is 19.9 Å². The molecular weight excluding hydrogens is 368 g/mol. The molecule has 0 radical (unpaired) electrons. The van der Waals surface area contributed by atoms with Crippen molar-refractivity contribution in [1.29, 1.82) is 0 Å². The minimum Gasteiger partial charge on any atom is -0.496 e. The van der Waals surface area contributed by atoms with E-state index in [0.29, 0.717) is 17.7 Å². The van der Waals surface area contributed by atoms with E-state index >= 15 is 0 Å². The van der Waals surface area contributed by atoms with Crippen LogP contribution in [0.3, 0.4) is 0 Å². The van der Waals surface area contributed by atoms with Gasteiger partial charge in [0.1, 0.15) is 5.75 Å². The molecule has 2 heterocycles. The van der Waals surface area contributed by atoms with Crippen LogP contribution in [0.1, 0.15) is 37.1 Å². The number of nitrogens with one attached hydrogen (secondary N) is 1. The summed E-state index contributed by atoms with van der Waals surface area (Å²) in [5.41, 5.74) is 0.435. The average molecular weight is 396 g/mol. The molecule has 0 unspecified atom stereocenters. The number of hydrogen-bond donors (Lipinski definition) is 1. The Kier molecular flexibility index (Phi) is 5.25. The molecule has 0 atom stereocenters. The van der Waals surface area contributed by atoms with Crippen LogP contribution in [-0.4, -0.2) is 55.2 Å². The summed E-state index contributed by atoms with van der Waals surface area (Å²) in [5.74, 6) is 2.63. The van der Waals surface area contributed by atoms with Crippen LogP contribution in [-0.2, 0) is 16.8 Å². The van der Waals surface area contributed by atoms with Gasteiger partial charge in [-0.3, -0.25) is 4.79 Å². The molecule has 1 aromatic heterocycles. The van der Waals surface area contributed by atoms with E-state index in [9.17, 15) is 4.79 Å². The smallest absolute Gasteiger partial charge is 0.231 e. The normalized spacial score (nSPS) is 17.1. The quantitative estimate of drug-likeness (QED) is 0.765. The van der Waals surface area contributed by atoms with E-state index in [1.807, 2.05) is 43.3 Å². The molecule has 29 heavy (non-hydrogen) atoms. The third-order valence-corrected chi connectivity index (χ3v) is 5.66. The van der Waals surface area contributed by atoms with Gasteiger partial charge in [0.2, 0.25) is 17.8 Å². The molecule has 1 saturated carbocycles. The van der Waals surface area contributed by atoms with E-state index in [-0.39, 0.29) is 12.5 Å². The fourth-order valence-corrected chi connectivity index (χ4v) is 3.85. The van der Waals surface area contributed by atoms with Gasteiger partial charge in [-0.05, 0) is 31.7 Å². The fourth-order valence-electron chi connectivity index (χ4n) is 3.85. The summed E-state index contributed by atoms with van der Waals surface area (Å²) in [4.78, 5) is 30.8. The number of amides is 1. The summed E-state index contributed by atoms with van der Waals surface area (Å²) in [7, 11) is 5.46. The second-order valence-corrected chi connectivity index (χ2v) is 7.91. The molecule has 1 aliphatic heterocycles. The van der Waals surface area contributed by atoms with Crippen LogP contribution < -0.4 is 19.9 Å². The monoisotopic (exact) mass is 396 g/mol. The Balaban J connectivity index is 1.52. The van der Waals surface area contributed by atoms with Crippen LogP contribution >= 0.6 is 0 Å². The molecule has 2 aliphatic rings. The number of aromatic nitrogens is 3. The van der Waals surface area contributed by atoms with Gasteiger partial charge >= 0.3 is 0 Å². The fraction of sp³-hybridized carbons (Fsp3) is 0.524. The van der Waals surface area contributed by atoms with Gasteiger partial charge in [0.05, 0.1) is 19.1 Å². The van der Waals surface area contributed by atoms with Crippen LogP contribution in [0.5, 0.6) is 5.75 Å². The Hall–Kier alpha value is -2.90. The molecule has 8 nitrogen and oxygen atoms in total. The highest BCUT2D eigenvalue weighted by molar-refractivity contribution is 5.92. The Morgan fingerprint density at radius 3 is 2.55 bits per heavy atom. The van der Waals surface area contributed by atoms with Crippen molar-refractivity contribution in [3.8, 4) is 5.75 Å². The molecule has 1 aromatic carbocycles. The first-order valence-electron chi connectivity index (χ1n) is 10.1. The van der Waals surface area contributed by atoms with Crippen molar-refractivity contribution in [3.05, 3.63) is 35.7 Å². The number of methoxy groups -OCH3 is 1. The van der Waals surface area contributed by atoms with Crippen LogP contribution in [0.2, 0.25) is 0 Å². The van der Waals surface area contributed by atoms with Gasteiger partial charge in [-0.15, -0.1) is 0 Å². The molecule has 2 fully saturated rings. The van der Waals surface area contributed by atoms with Crippen molar-refractivity contribution in [3.63, 3.8) is 0 Å². The van der Waals surface area contributed by atoms with Crippen LogP contribution in [0.4, 0.5) is 11.9 Å². The minimum absolute atomic E-state index is 0.00321. The Morgan fingerprint density at radius 1 is 1.17 bits per heavy atom. The van der Waals surface area contributed by atoms with Gasteiger partial charge in [0, 0.05) is 32.7 Å². The summed E-state index contributed by atoms with van der Waals surface area (Å²) in [5, 5.41) is 3.05. The predicted octanol–water partition coefficient (Wildman–Crippen LogP) is 1.89. The Labute approximate surface area is 171 Å². The first-order valence-corrected chi connectivity index (χ1v) is 10.1. The van der Waals surface area contributed by atoms with Gasteiger partial charge in [0.25, 0.3) is 0 Å². The predicted molar refractivity (Wildman–Crippen MR) is 111 cm³/mol. The molecule has 1 aliphatic carbocycles. The van der Waals surface area contributed by atoms with E-state index in [1.54, 1.807) is 7.11 Å². The maximum atomic E-state index is 13.1. The Morgan fingerprint density at radius 2 is 1.90 bits per heavy atom. The van der Waals surface area contributed by atoms with Crippen molar-refractivity contribution in [2.75, 3.05) is 44.1 Å². The highest BCUT2D eigenvalue weighted by atomic mass is 16.5. The molecule has 8 heteroatoms. The number of carbonyl (C=O) groups is 1. The zero-order valence-corrected chi connectivity index (χ0v) is 17.3. The summed E-state index contributed by atoms with van der Waals surface area (Å²) < 4.78 is 5.48. The first kappa shape index (κ1) is 19.4. The molecule has 0 bridgehead atoms. The van der Waals surface area contributed by atoms with E-state index in [2.05, 4.69) is 25.2 Å². The number of anilines is 2. The molecule has 1 amide bonds. The van der Waals surface area contributed by atoms with Gasteiger partial charge in [-0.25, -0.2) is 0 Å². The number of carbonyl (C=O) groups excluding carboxylic acids is 1. The molecular formula is C21H28N6O2. The number of para-hydroxylation sites is 1. The van der Waals surface area contributed by atoms with Crippen LogP contribution in [0, 0.1) is 0 Å². The van der Waals surface area contributed by atoms with Gasteiger partial charge in [0.15, 0.2) is 5.82 Å². The van der Waals surface area contributed by atoms with Gasteiger partial charge in [-0.2, -0.15) is 15.0 Å². The molecule has 154 valence electrons. The van der Waals surface area contributed by atoms with E-state index in [1.165, 1.54) is 0 Å². The maximum Gasteiger partial charge on any atom is 0.231 e. The largest absolute Gasteiger partial charge is 0.496 e. The average Bonchev–Trinajstić information content (AvgIpc) is 3.37. The zero-order chi connectivity index (χ0) is 20.4. The lowest BCUT2D eigenvalue weighted by molar-refractivity contribution is -0.123. The third-order valence-electron chi connectivity index (χ3n) is 5.66. The van der Waals surface area contributed by atoms with Crippen molar-refractivity contribution < 1.29 is 9.53 Å². The highest BCUT2D eigenvalue weighted by Crippen LogP contribution is 2.51. The minimum atomic E-state index is -0.512. The SMILES string of the molecule is COc1ccccc1C1(C(=O)NCc2nc(N(C)C)nc(N3CCCC3)n2)CC1. The number of hydrogen-bond acceptors (Lipinski definition) is 7.